The predicted octanol–water partition coefficient (Wildman–Crippen LogP) is 2.10. The molecule has 1 aromatic rings. The Balaban J connectivity index is 2.86. The van der Waals surface area contributed by atoms with E-state index in [1.54, 1.807) is 24.3 Å². The number of benzene rings is 1. The van der Waals surface area contributed by atoms with E-state index in [-0.39, 0.29) is 11.5 Å². The smallest absolute Gasteiger partial charge is 0.174 e. The van der Waals surface area contributed by atoms with Crippen molar-refractivity contribution in [1.82, 2.24) is 0 Å². The molecule has 0 amide bonds. The molecule has 1 rings (SSSR count). The van der Waals surface area contributed by atoms with E-state index in [1.165, 1.54) is 12.5 Å². The summed E-state index contributed by atoms with van der Waals surface area (Å²) in [4.78, 5) is 11.6. The SMILES string of the molecule is CS(C)(=O)(Cl)CC(=O)c1ccccc1. The molecule has 0 aliphatic rings. The lowest BCUT2D eigenvalue weighted by molar-refractivity contribution is 0.102. The van der Waals surface area contributed by atoms with E-state index in [4.69, 9.17) is 10.7 Å². The van der Waals surface area contributed by atoms with Crippen LogP contribution in [-0.2, 0) is 8.28 Å². The lowest BCUT2D eigenvalue weighted by atomic mass is 10.2. The zero-order valence-corrected chi connectivity index (χ0v) is 9.77. The van der Waals surface area contributed by atoms with Crippen molar-refractivity contribution in [1.29, 1.82) is 0 Å². The Morgan fingerprint density at radius 3 is 2.21 bits per heavy atom. The first-order valence-corrected chi connectivity index (χ1v) is 7.92. The Morgan fingerprint density at radius 1 is 1.29 bits per heavy atom. The Hall–Kier alpha value is -0.670. The van der Waals surface area contributed by atoms with E-state index >= 15 is 0 Å². The molecule has 0 N–H and O–H groups in total. The van der Waals surface area contributed by atoms with Crippen LogP contribution in [0.1, 0.15) is 10.4 Å². The van der Waals surface area contributed by atoms with Crippen LogP contribution >= 0.6 is 10.7 Å². The van der Waals surface area contributed by atoms with Gasteiger partial charge in [-0.3, -0.25) is 9.00 Å². The van der Waals surface area contributed by atoms with E-state index in [2.05, 4.69) is 0 Å². The normalized spacial score (nSPS) is 14.4. The fraction of sp³-hybridized carbons (Fsp3) is 0.300. The Morgan fingerprint density at radius 2 is 1.79 bits per heavy atom. The minimum Gasteiger partial charge on any atom is -0.293 e. The standard InChI is InChI=1S/C10H13ClO2S/c1-14(2,11,13)8-10(12)9-6-4-3-5-7-9/h3-7H,8H2,1-2H3. The molecule has 14 heavy (non-hydrogen) atoms. The second-order valence-corrected chi connectivity index (χ2v) is 10.9. The maximum atomic E-state index is 11.7. The van der Waals surface area contributed by atoms with Crippen LogP contribution in [0, 0.1) is 0 Å². The van der Waals surface area contributed by atoms with Crippen molar-refractivity contribution in [3.8, 4) is 0 Å². The molecule has 2 nitrogen and oxygen atoms in total. The molecule has 0 saturated carbocycles. The second-order valence-electron chi connectivity index (χ2n) is 3.85. The quantitative estimate of drug-likeness (QED) is 0.591. The molecular weight excluding hydrogens is 220 g/mol. The number of rotatable bonds is 3. The summed E-state index contributed by atoms with van der Waals surface area (Å²) in [7, 11) is 2.51. The van der Waals surface area contributed by atoms with E-state index in [9.17, 15) is 9.00 Å². The van der Waals surface area contributed by atoms with Crippen molar-refractivity contribution in [2.75, 3.05) is 18.3 Å². The lowest BCUT2D eigenvalue weighted by Gasteiger charge is -2.23. The number of hydrogen-bond donors (Lipinski definition) is 0. The molecule has 0 saturated heterocycles. The van der Waals surface area contributed by atoms with Crippen molar-refractivity contribution in [3.63, 3.8) is 0 Å². The van der Waals surface area contributed by atoms with Crippen molar-refractivity contribution in [2.45, 2.75) is 0 Å². The Labute approximate surface area is 88.2 Å². The molecular formula is C10H13ClO2S. The third-order valence-corrected chi connectivity index (χ3v) is 3.02. The third kappa shape index (κ3) is 4.03. The lowest BCUT2D eigenvalue weighted by Crippen LogP contribution is -2.30. The molecule has 0 atom stereocenters. The van der Waals surface area contributed by atoms with Gasteiger partial charge in [-0.05, 0) is 19.0 Å². The van der Waals surface area contributed by atoms with Crippen LogP contribution in [0.4, 0.5) is 0 Å². The Bertz CT molecular complexity index is 394. The van der Waals surface area contributed by atoms with Crippen molar-refractivity contribution in [2.24, 2.45) is 0 Å². The zero-order valence-electron chi connectivity index (χ0n) is 8.20. The molecule has 0 spiro atoms. The summed E-state index contributed by atoms with van der Waals surface area (Å²) in [6.07, 6.45) is 2.83. The predicted molar refractivity (Wildman–Crippen MR) is 61.5 cm³/mol. The molecule has 0 aliphatic carbocycles. The first kappa shape index (κ1) is 11.4. The minimum absolute atomic E-state index is 0.108. The maximum absolute atomic E-state index is 11.7. The van der Waals surface area contributed by atoms with Crippen LogP contribution in [0.3, 0.4) is 0 Å². The van der Waals surface area contributed by atoms with E-state index in [0.29, 0.717) is 5.56 Å². The van der Waals surface area contributed by atoms with Gasteiger partial charge in [-0.25, -0.2) is 0 Å². The number of ketones is 1. The molecule has 0 bridgehead atoms. The summed E-state index contributed by atoms with van der Waals surface area (Å²) in [5, 5.41) is 0. The first-order valence-electron chi connectivity index (χ1n) is 4.14. The molecule has 1 aromatic carbocycles. The highest BCUT2D eigenvalue weighted by Crippen LogP contribution is 2.24. The van der Waals surface area contributed by atoms with Gasteiger partial charge in [0, 0.05) is 18.1 Å². The van der Waals surface area contributed by atoms with Gasteiger partial charge in [0.05, 0.1) is 5.75 Å². The van der Waals surface area contributed by atoms with E-state index in [0.717, 1.165) is 0 Å². The van der Waals surface area contributed by atoms with Gasteiger partial charge in [0.25, 0.3) is 0 Å². The van der Waals surface area contributed by atoms with Gasteiger partial charge in [0.15, 0.2) is 5.78 Å². The first-order chi connectivity index (χ1) is 6.24. The van der Waals surface area contributed by atoms with Gasteiger partial charge < -0.3 is 0 Å². The second kappa shape index (κ2) is 3.48. The average molecular weight is 233 g/mol. The molecule has 0 radical (unpaired) electrons. The topological polar surface area (TPSA) is 34.1 Å². The highest BCUT2D eigenvalue weighted by Gasteiger charge is 2.25. The Kier molecular flexibility index (Phi) is 2.83. The van der Waals surface area contributed by atoms with E-state index < -0.39 is 8.28 Å². The van der Waals surface area contributed by atoms with Gasteiger partial charge in [-0.15, -0.1) is 0 Å². The third-order valence-electron chi connectivity index (χ3n) is 1.63. The molecule has 0 aromatic heterocycles. The fourth-order valence-corrected chi connectivity index (χ4v) is 2.27. The van der Waals surface area contributed by atoms with Gasteiger partial charge in [0.2, 0.25) is 0 Å². The van der Waals surface area contributed by atoms with Crippen LogP contribution < -0.4 is 0 Å². The van der Waals surface area contributed by atoms with Gasteiger partial charge >= 0.3 is 0 Å². The molecule has 4 heteroatoms. The molecule has 78 valence electrons. The maximum Gasteiger partial charge on any atom is 0.174 e. The fourth-order valence-electron chi connectivity index (χ4n) is 1.07. The number of carbonyl (C=O) groups is 1. The van der Waals surface area contributed by atoms with Crippen LogP contribution in [0.15, 0.2) is 30.3 Å². The number of halogens is 1. The van der Waals surface area contributed by atoms with Crippen LogP contribution in [0.2, 0.25) is 0 Å². The van der Waals surface area contributed by atoms with Crippen LogP contribution in [0.5, 0.6) is 0 Å². The molecule has 0 heterocycles. The number of carbonyl (C=O) groups excluding carboxylic acids is 1. The van der Waals surface area contributed by atoms with Gasteiger partial charge in [0.1, 0.15) is 0 Å². The highest BCUT2D eigenvalue weighted by atomic mass is 35.7. The summed E-state index contributed by atoms with van der Waals surface area (Å²) in [5.74, 6) is -0.287. The van der Waals surface area contributed by atoms with Gasteiger partial charge in [-0.1, -0.05) is 30.3 Å². The average Bonchev–Trinajstić information content (AvgIpc) is 2.01. The highest BCUT2D eigenvalue weighted by molar-refractivity contribution is 8.37. The van der Waals surface area contributed by atoms with Crippen molar-refractivity contribution < 1.29 is 9.00 Å². The van der Waals surface area contributed by atoms with Gasteiger partial charge in [-0.2, -0.15) is 0 Å². The summed E-state index contributed by atoms with van der Waals surface area (Å²) in [6, 6.07) is 8.74. The number of Topliss-reactive ketones (excluding diaryl/α,β-unsaturated/α-hetero) is 1. The summed E-state index contributed by atoms with van der Waals surface area (Å²) in [5.41, 5.74) is 0.552. The zero-order chi connectivity index (χ0) is 10.8. The molecule has 0 unspecified atom stereocenters. The van der Waals surface area contributed by atoms with Crippen molar-refractivity contribution in [3.05, 3.63) is 35.9 Å². The minimum atomic E-state index is -3.25. The summed E-state index contributed by atoms with van der Waals surface area (Å²) < 4.78 is 11.7. The summed E-state index contributed by atoms with van der Waals surface area (Å²) in [6.45, 7) is 0. The molecule has 0 aliphatic heterocycles. The summed E-state index contributed by atoms with van der Waals surface area (Å²) >= 11 is 0. The number of hydrogen-bond acceptors (Lipinski definition) is 2. The van der Waals surface area contributed by atoms with Crippen LogP contribution in [-0.4, -0.2) is 28.3 Å². The van der Waals surface area contributed by atoms with Crippen molar-refractivity contribution >= 4 is 24.7 Å². The largest absolute Gasteiger partial charge is 0.293 e. The van der Waals surface area contributed by atoms with E-state index in [1.807, 2.05) is 6.07 Å². The molecule has 0 fully saturated rings. The van der Waals surface area contributed by atoms with Crippen LogP contribution in [0.25, 0.3) is 0 Å². The monoisotopic (exact) mass is 232 g/mol.